The van der Waals surface area contributed by atoms with Gasteiger partial charge in [-0.1, -0.05) is 108 Å². The molecule has 5 nitrogen and oxygen atoms in total. The van der Waals surface area contributed by atoms with E-state index in [1.54, 1.807) is 4.68 Å². The molecule has 6 heteroatoms. The molecule has 0 saturated heterocycles. The summed E-state index contributed by atoms with van der Waals surface area (Å²) in [6.45, 7) is 0. The highest BCUT2D eigenvalue weighted by molar-refractivity contribution is 8.06. The average molecular weight is 473 g/mol. The smallest absolute Gasteiger partial charge is 0.214 e. The molecule has 6 rings (SSSR count). The molecule has 2 heterocycles. The summed E-state index contributed by atoms with van der Waals surface area (Å²) in [5, 5.41) is 11.7. The molecule has 0 spiro atoms. The van der Waals surface area contributed by atoms with Crippen LogP contribution < -0.4 is 4.90 Å². The van der Waals surface area contributed by atoms with Crippen LogP contribution in [0.2, 0.25) is 0 Å². The maximum atomic E-state index is 14.1. The Labute approximate surface area is 207 Å². The van der Waals surface area contributed by atoms with E-state index >= 15 is 0 Å². The van der Waals surface area contributed by atoms with Crippen LogP contribution in [0, 0.1) is 0 Å². The number of hydrogen-bond donors (Lipinski definition) is 0. The van der Waals surface area contributed by atoms with E-state index in [9.17, 15) is 4.79 Å². The van der Waals surface area contributed by atoms with Crippen molar-refractivity contribution >= 4 is 45.7 Å². The molecule has 0 aliphatic carbocycles. The fourth-order valence-electron chi connectivity index (χ4n) is 4.17. The summed E-state index contributed by atoms with van der Waals surface area (Å²) in [6, 6.07) is 37.3. The second-order valence-electron chi connectivity index (χ2n) is 8.00. The first-order valence-corrected chi connectivity index (χ1v) is 12.1. The van der Waals surface area contributed by atoms with Gasteiger partial charge in [0, 0.05) is 16.7 Å². The number of allylic oxidation sites excluding steroid dienone is 1. The summed E-state index contributed by atoms with van der Waals surface area (Å²) in [6.07, 6.45) is 0. The third kappa shape index (κ3) is 3.84. The molecule has 5 aromatic rings. The summed E-state index contributed by atoms with van der Waals surface area (Å²) >= 11 is 1.52. The fourth-order valence-corrected chi connectivity index (χ4v) is 5.24. The van der Waals surface area contributed by atoms with Gasteiger partial charge in [-0.15, -0.1) is 5.10 Å². The number of carbonyl (C=O) groups is 1. The largest absolute Gasteiger partial charge is 0.302 e. The van der Waals surface area contributed by atoms with E-state index in [1.807, 2.05) is 103 Å². The Balaban J connectivity index is 1.62. The van der Waals surface area contributed by atoms with Crippen LogP contribution in [0.4, 0.5) is 5.69 Å². The molecule has 0 unspecified atom stereocenters. The summed E-state index contributed by atoms with van der Waals surface area (Å²) in [7, 11) is 0. The van der Waals surface area contributed by atoms with Crippen molar-refractivity contribution in [2.24, 2.45) is 0 Å². The second-order valence-corrected chi connectivity index (χ2v) is 8.85. The number of Topliss-reactive ketones (excluding diaryl/α,β-unsaturated/α-hetero) is 1. The van der Waals surface area contributed by atoms with Gasteiger partial charge >= 0.3 is 0 Å². The number of thioether (sulfide) groups is 1. The summed E-state index contributed by atoms with van der Waals surface area (Å²) < 4.78 is 1.67. The lowest BCUT2D eigenvalue weighted by molar-refractivity contribution is 0.105. The molecule has 4 aromatic carbocycles. The molecule has 0 atom stereocenters. The predicted molar refractivity (Wildman–Crippen MR) is 142 cm³/mol. The van der Waals surface area contributed by atoms with Crippen molar-refractivity contribution in [3.05, 3.63) is 137 Å². The highest BCUT2D eigenvalue weighted by atomic mass is 32.2. The van der Waals surface area contributed by atoms with E-state index in [4.69, 9.17) is 0 Å². The lowest BCUT2D eigenvalue weighted by Crippen LogP contribution is -2.22. The maximum Gasteiger partial charge on any atom is 0.214 e. The van der Waals surface area contributed by atoms with Gasteiger partial charge in [-0.25, -0.2) is 4.68 Å². The molecule has 0 saturated carbocycles. The Morgan fingerprint density at radius 2 is 1.34 bits per heavy atom. The normalized spacial score (nSPS) is 14.7. The highest BCUT2D eigenvalue weighted by Gasteiger charge is 2.32. The SMILES string of the molecule is O=C(C(=C1SC=C(c2ccccc2)N1c1ccccc1)n1nnc2ccccc21)c1ccccc1. The number of para-hydroxylation sites is 2. The molecule has 0 fully saturated rings. The molecule has 168 valence electrons. The molecular weight excluding hydrogens is 452 g/mol. The Morgan fingerprint density at radius 1 is 0.714 bits per heavy atom. The maximum absolute atomic E-state index is 14.1. The lowest BCUT2D eigenvalue weighted by Gasteiger charge is -2.26. The van der Waals surface area contributed by atoms with Gasteiger partial charge < -0.3 is 4.90 Å². The number of aromatic nitrogens is 3. The molecule has 0 amide bonds. The van der Waals surface area contributed by atoms with E-state index in [0.29, 0.717) is 11.3 Å². The zero-order valence-electron chi connectivity index (χ0n) is 18.7. The lowest BCUT2D eigenvalue weighted by atomic mass is 10.1. The summed E-state index contributed by atoms with van der Waals surface area (Å²) in [5.41, 5.74) is 5.59. The van der Waals surface area contributed by atoms with Crippen LogP contribution in [0.15, 0.2) is 126 Å². The first-order chi connectivity index (χ1) is 17.3. The molecule has 0 radical (unpaired) electrons. The monoisotopic (exact) mass is 472 g/mol. The van der Waals surface area contributed by atoms with Crippen molar-refractivity contribution in [1.29, 1.82) is 0 Å². The number of hydrogen-bond acceptors (Lipinski definition) is 5. The fraction of sp³-hybridized carbons (Fsp3) is 0. The quantitative estimate of drug-likeness (QED) is 0.211. The van der Waals surface area contributed by atoms with Crippen molar-refractivity contribution < 1.29 is 4.79 Å². The van der Waals surface area contributed by atoms with Gasteiger partial charge in [0.1, 0.15) is 16.2 Å². The van der Waals surface area contributed by atoms with Crippen LogP contribution in [0.1, 0.15) is 15.9 Å². The first kappa shape index (κ1) is 21.1. The van der Waals surface area contributed by atoms with Gasteiger partial charge in [-0.2, -0.15) is 0 Å². The molecule has 1 aromatic heterocycles. The number of benzene rings is 4. The number of fused-ring (bicyclic) bond motifs is 1. The highest BCUT2D eigenvalue weighted by Crippen LogP contribution is 2.46. The van der Waals surface area contributed by atoms with E-state index in [2.05, 4.69) is 32.8 Å². The Kier molecular flexibility index (Phi) is 5.48. The van der Waals surface area contributed by atoms with E-state index < -0.39 is 0 Å². The number of anilines is 1. The molecule has 1 aliphatic heterocycles. The summed E-state index contributed by atoms with van der Waals surface area (Å²) in [4.78, 5) is 16.2. The van der Waals surface area contributed by atoms with Crippen LogP contribution in [-0.4, -0.2) is 20.8 Å². The predicted octanol–water partition coefficient (Wildman–Crippen LogP) is 6.69. The van der Waals surface area contributed by atoms with Crippen molar-refractivity contribution in [2.75, 3.05) is 4.90 Å². The van der Waals surface area contributed by atoms with Crippen LogP contribution >= 0.6 is 11.8 Å². The molecular formula is C29H20N4OS. The molecule has 0 N–H and O–H groups in total. The van der Waals surface area contributed by atoms with E-state index in [1.165, 1.54) is 11.8 Å². The zero-order valence-corrected chi connectivity index (χ0v) is 19.5. The topological polar surface area (TPSA) is 51.0 Å². The number of carbonyl (C=O) groups excluding carboxylic acids is 1. The van der Waals surface area contributed by atoms with E-state index in [-0.39, 0.29) is 5.78 Å². The van der Waals surface area contributed by atoms with Gasteiger partial charge in [0.05, 0.1) is 11.2 Å². The van der Waals surface area contributed by atoms with Gasteiger partial charge in [0.15, 0.2) is 0 Å². The van der Waals surface area contributed by atoms with Crippen LogP contribution in [0.5, 0.6) is 0 Å². The van der Waals surface area contributed by atoms with Gasteiger partial charge in [0.25, 0.3) is 0 Å². The Morgan fingerprint density at radius 3 is 2.09 bits per heavy atom. The minimum absolute atomic E-state index is 0.118. The van der Waals surface area contributed by atoms with Crippen LogP contribution in [-0.2, 0) is 0 Å². The first-order valence-electron chi connectivity index (χ1n) is 11.2. The minimum Gasteiger partial charge on any atom is -0.302 e. The zero-order chi connectivity index (χ0) is 23.6. The molecule has 35 heavy (non-hydrogen) atoms. The number of nitrogens with zero attached hydrogens (tertiary/aromatic N) is 4. The third-order valence-electron chi connectivity index (χ3n) is 5.83. The number of rotatable bonds is 5. The van der Waals surface area contributed by atoms with Crippen LogP contribution in [0.3, 0.4) is 0 Å². The van der Waals surface area contributed by atoms with Gasteiger partial charge in [-0.05, 0) is 29.8 Å². The minimum atomic E-state index is -0.118. The van der Waals surface area contributed by atoms with Crippen molar-refractivity contribution in [3.8, 4) is 0 Å². The second kappa shape index (κ2) is 9.08. The average Bonchev–Trinajstić information content (AvgIpc) is 3.56. The van der Waals surface area contributed by atoms with Crippen molar-refractivity contribution in [1.82, 2.24) is 15.0 Å². The van der Waals surface area contributed by atoms with Gasteiger partial charge in [0.2, 0.25) is 5.78 Å². The third-order valence-corrected chi connectivity index (χ3v) is 6.77. The Bertz CT molecular complexity index is 1570. The van der Waals surface area contributed by atoms with Crippen molar-refractivity contribution in [2.45, 2.75) is 0 Å². The number of ketones is 1. The van der Waals surface area contributed by atoms with E-state index in [0.717, 1.165) is 33.0 Å². The van der Waals surface area contributed by atoms with Gasteiger partial charge in [-0.3, -0.25) is 4.79 Å². The Hall–Kier alpha value is -4.42. The van der Waals surface area contributed by atoms with Crippen LogP contribution in [0.25, 0.3) is 22.4 Å². The standard InChI is InChI=1S/C29H20N4OS/c34-28(22-14-6-2-7-15-22)27(33-25-19-11-10-18-24(25)30-31-33)29-32(23-16-8-3-9-17-23)26(20-35-29)21-12-4-1-5-13-21/h1-20H. The molecule has 0 bridgehead atoms. The molecule has 1 aliphatic rings. The van der Waals surface area contributed by atoms with Crippen molar-refractivity contribution in [3.63, 3.8) is 0 Å². The summed E-state index contributed by atoms with van der Waals surface area (Å²) in [5.74, 6) is -0.118.